The number of aromatic nitrogens is 3. The first-order valence-corrected chi connectivity index (χ1v) is 4.78. The van der Waals surface area contributed by atoms with E-state index in [2.05, 4.69) is 20.5 Å². The normalized spacial score (nSPS) is 13.1. The molecule has 17 heavy (non-hydrogen) atoms. The van der Waals surface area contributed by atoms with Gasteiger partial charge in [0, 0.05) is 17.3 Å². The molecule has 0 atom stereocenters. The third-order valence-electron chi connectivity index (χ3n) is 1.93. The van der Waals surface area contributed by atoms with Crippen molar-refractivity contribution in [1.82, 2.24) is 20.5 Å². The molecular formula is C11H11N5O. The first-order chi connectivity index (χ1) is 9.44. The van der Waals surface area contributed by atoms with Crippen molar-refractivity contribution in [3.63, 3.8) is 0 Å². The standard InChI is InChI=1S/C11H11N5O/c1-12-11(17)8-5-6-10(16-15-8)14-9-4-2-3-7-13-9/h2-7H,1H3,(H,12,17)(H,13,14,16)/i1D3. The molecule has 0 aliphatic rings. The van der Waals surface area contributed by atoms with Gasteiger partial charge in [-0.15, -0.1) is 10.2 Å². The van der Waals surface area contributed by atoms with Crippen LogP contribution < -0.4 is 10.6 Å². The van der Waals surface area contributed by atoms with Gasteiger partial charge in [-0.2, -0.15) is 0 Å². The van der Waals surface area contributed by atoms with Crippen molar-refractivity contribution >= 4 is 17.5 Å². The molecule has 0 aliphatic carbocycles. The van der Waals surface area contributed by atoms with Gasteiger partial charge in [0.1, 0.15) is 5.82 Å². The Kier molecular flexibility index (Phi) is 2.28. The van der Waals surface area contributed by atoms with Crippen LogP contribution in [0.15, 0.2) is 36.5 Å². The van der Waals surface area contributed by atoms with Crippen molar-refractivity contribution < 1.29 is 8.91 Å². The van der Waals surface area contributed by atoms with E-state index in [0.29, 0.717) is 11.6 Å². The van der Waals surface area contributed by atoms with Crippen LogP contribution in [0.5, 0.6) is 0 Å². The molecule has 0 saturated carbocycles. The van der Waals surface area contributed by atoms with Gasteiger partial charge in [-0.25, -0.2) is 4.98 Å². The van der Waals surface area contributed by atoms with Crippen LogP contribution in [0, 0.1) is 0 Å². The smallest absolute Gasteiger partial charge is 0.271 e. The number of rotatable bonds is 3. The van der Waals surface area contributed by atoms with Crippen molar-refractivity contribution in [2.24, 2.45) is 0 Å². The lowest BCUT2D eigenvalue weighted by Gasteiger charge is -2.03. The Morgan fingerprint density at radius 3 is 2.82 bits per heavy atom. The molecule has 1 amide bonds. The van der Waals surface area contributed by atoms with Gasteiger partial charge in [0.05, 0.1) is 0 Å². The fraction of sp³-hybridized carbons (Fsp3) is 0.0909. The summed E-state index contributed by atoms with van der Waals surface area (Å²) >= 11 is 0. The van der Waals surface area contributed by atoms with Crippen molar-refractivity contribution in [3.8, 4) is 0 Å². The van der Waals surface area contributed by atoms with Gasteiger partial charge in [0.25, 0.3) is 5.91 Å². The summed E-state index contributed by atoms with van der Waals surface area (Å²) in [5, 5.41) is 12.2. The fourth-order valence-corrected chi connectivity index (χ4v) is 1.15. The minimum atomic E-state index is -2.55. The lowest BCUT2D eigenvalue weighted by Crippen LogP contribution is -2.19. The second kappa shape index (κ2) is 5.02. The first-order valence-electron chi connectivity index (χ1n) is 6.28. The zero-order chi connectivity index (χ0) is 14.6. The third-order valence-corrected chi connectivity index (χ3v) is 1.93. The van der Waals surface area contributed by atoms with E-state index in [9.17, 15) is 4.79 Å². The molecule has 2 heterocycles. The van der Waals surface area contributed by atoms with Gasteiger partial charge in [-0.05, 0) is 24.3 Å². The Labute approximate surface area is 102 Å². The van der Waals surface area contributed by atoms with Crippen LogP contribution in [0.2, 0.25) is 0 Å². The highest BCUT2D eigenvalue weighted by molar-refractivity contribution is 5.91. The number of nitrogens with one attached hydrogen (secondary N) is 2. The van der Waals surface area contributed by atoms with Gasteiger partial charge in [-0.1, -0.05) is 6.07 Å². The predicted octanol–water partition coefficient (Wildman–Crippen LogP) is 0.975. The number of hydrogen-bond donors (Lipinski definition) is 2. The van der Waals surface area contributed by atoms with Gasteiger partial charge in [0.15, 0.2) is 11.5 Å². The molecule has 6 heteroatoms. The molecule has 0 aromatic carbocycles. The van der Waals surface area contributed by atoms with Crippen LogP contribution in [-0.4, -0.2) is 28.1 Å². The lowest BCUT2D eigenvalue weighted by atomic mass is 10.3. The fourth-order valence-electron chi connectivity index (χ4n) is 1.15. The molecule has 0 saturated heterocycles. The molecule has 86 valence electrons. The van der Waals surface area contributed by atoms with E-state index in [-0.39, 0.29) is 5.69 Å². The van der Waals surface area contributed by atoms with Crippen molar-refractivity contribution in [1.29, 1.82) is 0 Å². The second-order valence-corrected chi connectivity index (χ2v) is 3.10. The van der Waals surface area contributed by atoms with Crippen LogP contribution in [0.4, 0.5) is 11.6 Å². The van der Waals surface area contributed by atoms with Crippen LogP contribution in [0.3, 0.4) is 0 Å². The van der Waals surface area contributed by atoms with Crippen LogP contribution in [-0.2, 0) is 0 Å². The highest BCUT2D eigenvalue weighted by atomic mass is 16.1. The Bertz CT molecular complexity index is 585. The highest BCUT2D eigenvalue weighted by Crippen LogP contribution is 2.09. The Hall–Kier alpha value is -2.50. The van der Waals surface area contributed by atoms with Gasteiger partial charge < -0.3 is 10.6 Å². The average Bonchev–Trinajstić information content (AvgIpc) is 2.39. The second-order valence-electron chi connectivity index (χ2n) is 3.10. The molecule has 0 radical (unpaired) electrons. The SMILES string of the molecule is [2H]C([2H])([2H])NC(=O)c1ccc(Nc2ccccn2)nn1. The average molecular weight is 232 g/mol. The van der Waals surface area contributed by atoms with E-state index in [1.54, 1.807) is 24.4 Å². The maximum Gasteiger partial charge on any atom is 0.271 e. The first kappa shape index (κ1) is 7.72. The third kappa shape index (κ3) is 2.75. The summed E-state index contributed by atoms with van der Waals surface area (Å²) in [6.07, 6.45) is 1.62. The molecule has 6 nitrogen and oxygen atoms in total. The zero-order valence-corrected chi connectivity index (χ0v) is 8.71. The van der Waals surface area contributed by atoms with Gasteiger partial charge in [0.2, 0.25) is 0 Å². The summed E-state index contributed by atoms with van der Waals surface area (Å²) in [6.45, 7) is -2.55. The monoisotopic (exact) mass is 232 g/mol. The Morgan fingerprint density at radius 2 is 2.18 bits per heavy atom. The zero-order valence-electron chi connectivity index (χ0n) is 11.7. The van der Waals surface area contributed by atoms with E-state index in [0.717, 1.165) is 0 Å². The number of nitrogens with zero attached hydrogens (tertiary/aromatic N) is 3. The molecule has 0 unspecified atom stereocenters. The van der Waals surface area contributed by atoms with Crippen LogP contribution in [0.25, 0.3) is 0 Å². The summed E-state index contributed by atoms with van der Waals surface area (Å²) in [5.74, 6) is 0.178. The lowest BCUT2D eigenvalue weighted by molar-refractivity contribution is 0.0957. The quantitative estimate of drug-likeness (QED) is 0.824. The summed E-state index contributed by atoms with van der Waals surface area (Å²) in [5.41, 5.74) is -0.0762. The Morgan fingerprint density at radius 1 is 1.24 bits per heavy atom. The largest absolute Gasteiger partial charge is 0.354 e. The number of amides is 1. The van der Waals surface area contributed by atoms with Gasteiger partial charge >= 0.3 is 0 Å². The summed E-state index contributed by atoms with van der Waals surface area (Å²) in [6, 6.07) is 8.21. The van der Waals surface area contributed by atoms with E-state index >= 15 is 0 Å². The summed E-state index contributed by atoms with van der Waals surface area (Å²) < 4.78 is 20.8. The molecule has 2 aromatic heterocycles. The minimum absolute atomic E-state index is 0.0762. The van der Waals surface area contributed by atoms with Crippen molar-refractivity contribution in [3.05, 3.63) is 42.2 Å². The molecule has 0 spiro atoms. The molecule has 2 N–H and O–H groups in total. The van der Waals surface area contributed by atoms with Crippen LogP contribution in [0.1, 0.15) is 14.6 Å². The van der Waals surface area contributed by atoms with E-state index in [1.165, 1.54) is 12.1 Å². The number of carbonyl (C=O) groups is 1. The van der Waals surface area contributed by atoms with E-state index < -0.39 is 12.9 Å². The van der Waals surface area contributed by atoms with Crippen molar-refractivity contribution in [2.45, 2.75) is 0 Å². The van der Waals surface area contributed by atoms with E-state index in [4.69, 9.17) is 4.11 Å². The molecule has 0 fully saturated rings. The maximum absolute atomic E-state index is 11.5. The van der Waals surface area contributed by atoms with E-state index in [1.807, 2.05) is 5.32 Å². The summed E-state index contributed by atoms with van der Waals surface area (Å²) in [4.78, 5) is 15.6. The minimum Gasteiger partial charge on any atom is -0.354 e. The number of carbonyl (C=O) groups excluding carboxylic acids is 1. The van der Waals surface area contributed by atoms with Crippen molar-refractivity contribution in [2.75, 3.05) is 12.3 Å². The maximum atomic E-state index is 11.5. The highest BCUT2D eigenvalue weighted by Gasteiger charge is 2.05. The summed E-state index contributed by atoms with van der Waals surface area (Å²) in [7, 11) is 0. The predicted molar refractivity (Wildman–Crippen MR) is 62.9 cm³/mol. The topological polar surface area (TPSA) is 79.8 Å². The van der Waals surface area contributed by atoms with Crippen LogP contribution >= 0.6 is 0 Å². The molecule has 2 aromatic rings. The molecule has 0 bridgehead atoms. The molecule has 0 aliphatic heterocycles. The number of hydrogen-bond acceptors (Lipinski definition) is 5. The number of pyridine rings is 1. The Balaban J connectivity index is 2.05. The van der Waals surface area contributed by atoms with Gasteiger partial charge in [-0.3, -0.25) is 4.79 Å². The molecular weight excluding hydrogens is 218 g/mol. The molecule has 2 rings (SSSR count). The number of anilines is 2.